The normalized spacial score (nSPS) is 19.9. The van der Waals surface area contributed by atoms with Crippen molar-refractivity contribution in [2.24, 2.45) is 4.99 Å². The maximum absolute atomic E-state index is 10.3. The van der Waals surface area contributed by atoms with Crippen LogP contribution in [0.4, 0.5) is 5.69 Å². The molecule has 2 fully saturated rings. The number of halogens is 2. The number of rotatable bonds is 4. The van der Waals surface area contributed by atoms with Gasteiger partial charge >= 0.3 is 0 Å². The van der Waals surface area contributed by atoms with Crippen molar-refractivity contribution < 1.29 is 5.11 Å². The molecule has 1 aromatic carbocycles. The van der Waals surface area contributed by atoms with Gasteiger partial charge in [-0.1, -0.05) is 17.7 Å². The molecule has 2 aliphatic rings. The fourth-order valence-corrected chi connectivity index (χ4v) is 3.42. The van der Waals surface area contributed by atoms with Crippen LogP contribution in [0.25, 0.3) is 0 Å². The van der Waals surface area contributed by atoms with E-state index in [9.17, 15) is 5.11 Å². The van der Waals surface area contributed by atoms with Crippen LogP contribution >= 0.6 is 35.6 Å². The number of nitrogens with one attached hydrogen (secondary N) is 1. The average Bonchev–Trinajstić information content (AvgIpc) is 2.57. The van der Waals surface area contributed by atoms with Crippen molar-refractivity contribution >= 4 is 47.2 Å². The molecule has 0 aromatic heterocycles. The molecule has 1 heterocycles. The lowest BCUT2D eigenvalue weighted by atomic mass is 9.80. The number of guanidine groups is 1. The van der Waals surface area contributed by atoms with Gasteiger partial charge in [-0.25, -0.2) is 0 Å². The molecule has 7 heteroatoms. The Labute approximate surface area is 172 Å². The number of hydrogen-bond acceptors (Lipinski definition) is 3. The summed E-state index contributed by atoms with van der Waals surface area (Å²) in [6.45, 7) is 7.13. The summed E-state index contributed by atoms with van der Waals surface area (Å²) in [7, 11) is 0. The van der Waals surface area contributed by atoms with Crippen molar-refractivity contribution in [2.75, 3.05) is 44.2 Å². The second-order valence-electron chi connectivity index (χ2n) is 6.70. The standard InChI is InChI=1S/C18H27ClN4O.HI/c1-2-20-17(21-14-18(24)7-4-8-18)23-11-9-22(10-12-23)16-6-3-5-15(19)13-16;/h3,5-6,13,24H,2,4,7-12,14H2,1H3,(H,20,21);1H. The second kappa shape index (κ2) is 9.28. The van der Waals surface area contributed by atoms with Gasteiger partial charge in [-0.2, -0.15) is 0 Å². The number of aliphatic imine (C=N–C) groups is 1. The Morgan fingerprint density at radius 1 is 1.28 bits per heavy atom. The zero-order valence-electron chi connectivity index (χ0n) is 14.7. The molecule has 1 saturated carbocycles. The SMILES string of the molecule is CCNC(=NCC1(O)CCC1)N1CCN(c2cccc(Cl)c2)CC1.I. The quantitative estimate of drug-likeness (QED) is 0.397. The maximum atomic E-state index is 10.3. The predicted molar refractivity (Wildman–Crippen MR) is 115 cm³/mol. The lowest BCUT2D eigenvalue weighted by molar-refractivity contribution is -0.0237. The average molecular weight is 479 g/mol. The van der Waals surface area contributed by atoms with E-state index in [1.807, 2.05) is 18.2 Å². The summed E-state index contributed by atoms with van der Waals surface area (Å²) in [4.78, 5) is 9.32. The molecule has 1 saturated heterocycles. The van der Waals surface area contributed by atoms with Crippen molar-refractivity contribution in [3.05, 3.63) is 29.3 Å². The van der Waals surface area contributed by atoms with E-state index < -0.39 is 5.60 Å². The van der Waals surface area contributed by atoms with E-state index in [1.54, 1.807) is 0 Å². The van der Waals surface area contributed by atoms with Gasteiger partial charge in [-0.3, -0.25) is 4.99 Å². The molecule has 25 heavy (non-hydrogen) atoms. The van der Waals surface area contributed by atoms with Crippen LogP contribution in [0.2, 0.25) is 5.02 Å². The van der Waals surface area contributed by atoms with Gasteiger partial charge in [0.15, 0.2) is 5.96 Å². The second-order valence-corrected chi connectivity index (χ2v) is 7.14. The van der Waals surface area contributed by atoms with E-state index in [4.69, 9.17) is 11.6 Å². The van der Waals surface area contributed by atoms with Gasteiger partial charge in [0, 0.05) is 43.4 Å². The summed E-state index contributed by atoms with van der Waals surface area (Å²) in [5.41, 5.74) is 0.608. The first-order valence-corrected chi connectivity index (χ1v) is 9.24. The van der Waals surface area contributed by atoms with E-state index in [0.29, 0.717) is 6.54 Å². The lowest BCUT2D eigenvalue weighted by Crippen LogP contribution is -2.53. The zero-order chi connectivity index (χ0) is 17.0. The maximum Gasteiger partial charge on any atom is 0.194 e. The van der Waals surface area contributed by atoms with Gasteiger partial charge < -0.3 is 20.2 Å². The molecule has 0 spiro atoms. The molecule has 2 N–H and O–H groups in total. The zero-order valence-corrected chi connectivity index (χ0v) is 17.8. The fourth-order valence-electron chi connectivity index (χ4n) is 3.24. The van der Waals surface area contributed by atoms with E-state index in [2.05, 4.69) is 33.1 Å². The van der Waals surface area contributed by atoms with Gasteiger partial charge in [0.2, 0.25) is 0 Å². The first kappa shape index (κ1) is 20.6. The lowest BCUT2D eigenvalue weighted by Gasteiger charge is -2.39. The summed E-state index contributed by atoms with van der Waals surface area (Å²) < 4.78 is 0. The highest BCUT2D eigenvalue weighted by atomic mass is 127. The largest absolute Gasteiger partial charge is 0.388 e. The van der Waals surface area contributed by atoms with Crippen molar-refractivity contribution in [2.45, 2.75) is 31.8 Å². The Morgan fingerprint density at radius 2 is 2.00 bits per heavy atom. The van der Waals surface area contributed by atoms with Crippen LogP contribution in [0.3, 0.4) is 0 Å². The summed E-state index contributed by atoms with van der Waals surface area (Å²) >= 11 is 6.10. The molecule has 1 aliphatic carbocycles. The van der Waals surface area contributed by atoms with Crippen LogP contribution in [-0.4, -0.2) is 60.8 Å². The first-order chi connectivity index (χ1) is 11.6. The van der Waals surface area contributed by atoms with E-state index in [-0.39, 0.29) is 24.0 Å². The van der Waals surface area contributed by atoms with Gasteiger partial charge in [0.1, 0.15) is 0 Å². The molecule has 0 bridgehead atoms. The number of benzene rings is 1. The molecule has 0 radical (unpaired) electrons. The highest BCUT2D eigenvalue weighted by Crippen LogP contribution is 2.31. The minimum atomic E-state index is -0.566. The van der Waals surface area contributed by atoms with Crippen LogP contribution < -0.4 is 10.2 Å². The molecular weight excluding hydrogens is 451 g/mol. The summed E-state index contributed by atoms with van der Waals surface area (Å²) in [6, 6.07) is 8.02. The van der Waals surface area contributed by atoms with E-state index in [1.165, 1.54) is 5.69 Å². The van der Waals surface area contributed by atoms with Gasteiger partial charge in [0.05, 0.1) is 12.1 Å². The molecule has 1 aliphatic heterocycles. The molecule has 0 unspecified atom stereocenters. The molecule has 0 amide bonds. The van der Waals surface area contributed by atoms with Crippen LogP contribution in [0.5, 0.6) is 0 Å². The third-order valence-corrected chi connectivity index (χ3v) is 5.13. The summed E-state index contributed by atoms with van der Waals surface area (Å²) in [5.74, 6) is 0.920. The van der Waals surface area contributed by atoms with Crippen LogP contribution in [0.1, 0.15) is 26.2 Å². The number of nitrogens with zero attached hydrogens (tertiary/aromatic N) is 3. The molecule has 5 nitrogen and oxygen atoms in total. The van der Waals surface area contributed by atoms with Crippen molar-refractivity contribution in [1.29, 1.82) is 0 Å². The molecule has 3 rings (SSSR count). The van der Waals surface area contributed by atoms with Crippen LogP contribution in [-0.2, 0) is 0 Å². The van der Waals surface area contributed by atoms with Gasteiger partial charge in [0.25, 0.3) is 0 Å². The molecular formula is C18H28ClIN4O. The van der Waals surface area contributed by atoms with Gasteiger partial charge in [-0.05, 0) is 44.4 Å². The highest BCUT2D eigenvalue weighted by Gasteiger charge is 2.34. The predicted octanol–water partition coefficient (Wildman–Crippen LogP) is 2.96. The summed E-state index contributed by atoms with van der Waals surface area (Å²) in [5, 5.41) is 14.4. The Morgan fingerprint density at radius 3 is 2.56 bits per heavy atom. The minimum absolute atomic E-state index is 0. The van der Waals surface area contributed by atoms with Crippen LogP contribution in [0.15, 0.2) is 29.3 Å². The van der Waals surface area contributed by atoms with E-state index >= 15 is 0 Å². The number of anilines is 1. The molecule has 140 valence electrons. The van der Waals surface area contributed by atoms with Crippen LogP contribution in [0, 0.1) is 0 Å². The third kappa shape index (κ3) is 5.37. The first-order valence-electron chi connectivity index (χ1n) is 8.86. The Kier molecular flexibility index (Phi) is 7.64. The topological polar surface area (TPSA) is 51.1 Å². The number of aliphatic hydroxyl groups is 1. The monoisotopic (exact) mass is 478 g/mol. The van der Waals surface area contributed by atoms with Crippen molar-refractivity contribution in [3.63, 3.8) is 0 Å². The third-order valence-electron chi connectivity index (χ3n) is 4.89. The highest BCUT2D eigenvalue weighted by molar-refractivity contribution is 14.0. The Balaban J connectivity index is 0.00000225. The number of hydrogen-bond donors (Lipinski definition) is 2. The van der Waals surface area contributed by atoms with Crippen molar-refractivity contribution in [3.8, 4) is 0 Å². The van der Waals surface area contributed by atoms with Gasteiger partial charge in [-0.15, -0.1) is 24.0 Å². The fraction of sp³-hybridized carbons (Fsp3) is 0.611. The van der Waals surface area contributed by atoms with E-state index in [0.717, 1.165) is 63.0 Å². The molecule has 1 aromatic rings. The Bertz CT molecular complexity index is 586. The smallest absolute Gasteiger partial charge is 0.194 e. The summed E-state index contributed by atoms with van der Waals surface area (Å²) in [6.07, 6.45) is 2.86. The molecule has 0 atom stereocenters. The number of piperazine rings is 1. The minimum Gasteiger partial charge on any atom is -0.388 e. The van der Waals surface area contributed by atoms with Crippen molar-refractivity contribution in [1.82, 2.24) is 10.2 Å². The Hall–Kier alpha value is -0.730.